The van der Waals surface area contributed by atoms with Gasteiger partial charge in [-0.1, -0.05) is 40.2 Å². The smallest absolute Gasteiger partial charge is 0.119 e. The van der Waals surface area contributed by atoms with Gasteiger partial charge < -0.3 is 29.9 Å². The molecule has 0 aromatic heterocycles. The van der Waals surface area contributed by atoms with Crippen molar-refractivity contribution in [3.05, 3.63) is 63.6 Å². The number of halogens is 1. The van der Waals surface area contributed by atoms with Crippen LogP contribution in [0.25, 0.3) is 0 Å². The van der Waals surface area contributed by atoms with Crippen molar-refractivity contribution in [1.29, 1.82) is 0 Å². The molecule has 1 aliphatic rings. The SMILES string of the molecule is CCOc1ccc(Cc2cc([C@@H]3O[C@H](CO)[C@@H](O)C(O)[C@H]3O)ccc2Br)cc1. The number of hydrogen-bond donors (Lipinski definition) is 4. The zero-order valence-corrected chi connectivity index (χ0v) is 17.1. The molecular weight excluding hydrogens is 428 g/mol. The van der Waals surface area contributed by atoms with Crippen LogP contribution in [0, 0.1) is 0 Å². The Kier molecular flexibility index (Phi) is 7.09. The van der Waals surface area contributed by atoms with E-state index >= 15 is 0 Å². The van der Waals surface area contributed by atoms with Crippen molar-refractivity contribution >= 4 is 15.9 Å². The van der Waals surface area contributed by atoms with Crippen LogP contribution in [-0.2, 0) is 11.2 Å². The van der Waals surface area contributed by atoms with E-state index in [0.29, 0.717) is 18.6 Å². The Balaban J connectivity index is 1.82. The summed E-state index contributed by atoms with van der Waals surface area (Å²) in [6.45, 7) is 2.11. The molecule has 28 heavy (non-hydrogen) atoms. The molecule has 2 aromatic carbocycles. The second-order valence-corrected chi connectivity index (χ2v) is 7.71. The van der Waals surface area contributed by atoms with Crippen LogP contribution in [0.1, 0.15) is 29.7 Å². The lowest BCUT2D eigenvalue weighted by Gasteiger charge is -2.40. The van der Waals surface area contributed by atoms with Crippen LogP contribution in [-0.4, -0.2) is 58.1 Å². The fraction of sp³-hybridized carbons (Fsp3) is 0.429. The predicted molar refractivity (Wildman–Crippen MR) is 107 cm³/mol. The van der Waals surface area contributed by atoms with Crippen LogP contribution >= 0.6 is 15.9 Å². The number of hydrogen-bond acceptors (Lipinski definition) is 6. The summed E-state index contributed by atoms with van der Waals surface area (Å²) in [6.07, 6.45) is -5.18. The fourth-order valence-corrected chi connectivity index (χ4v) is 3.76. The van der Waals surface area contributed by atoms with Crippen LogP contribution in [0.4, 0.5) is 0 Å². The average Bonchev–Trinajstić information content (AvgIpc) is 2.70. The molecule has 0 bridgehead atoms. The summed E-state index contributed by atoms with van der Waals surface area (Å²) < 4.78 is 12.0. The molecule has 7 heteroatoms. The van der Waals surface area contributed by atoms with E-state index in [1.165, 1.54) is 0 Å². The second-order valence-electron chi connectivity index (χ2n) is 6.85. The minimum absolute atomic E-state index is 0.447. The van der Waals surface area contributed by atoms with Gasteiger partial charge >= 0.3 is 0 Å². The Morgan fingerprint density at radius 3 is 2.36 bits per heavy atom. The van der Waals surface area contributed by atoms with Crippen LogP contribution in [0.2, 0.25) is 0 Å². The first-order valence-electron chi connectivity index (χ1n) is 9.25. The highest BCUT2D eigenvalue weighted by Crippen LogP contribution is 2.34. The van der Waals surface area contributed by atoms with E-state index < -0.39 is 37.1 Å². The van der Waals surface area contributed by atoms with E-state index in [1.54, 1.807) is 6.07 Å². The van der Waals surface area contributed by atoms with Gasteiger partial charge in [-0.2, -0.15) is 0 Å². The van der Waals surface area contributed by atoms with Crippen molar-refractivity contribution < 1.29 is 29.9 Å². The third-order valence-corrected chi connectivity index (χ3v) is 5.69. The number of ether oxygens (including phenoxy) is 2. The molecule has 4 N–H and O–H groups in total. The highest BCUT2D eigenvalue weighted by Gasteiger charge is 2.43. The molecule has 1 fully saturated rings. The summed E-state index contributed by atoms with van der Waals surface area (Å²) in [5.41, 5.74) is 2.75. The van der Waals surface area contributed by atoms with E-state index in [2.05, 4.69) is 15.9 Å². The first-order chi connectivity index (χ1) is 13.4. The van der Waals surface area contributed by atoms with Gasteiger partial charge in [-0.15, -0.1) is 0 Å². The van der Waals surface area contributed by atoms with Gasteiger partial charge in [-0.25, -0.2) is 0 Å². The standard InChI is InChI=1S/C21H25BrO6/c1-2-27-15-6-3-12(4-7-15)9-14-10-13(5-8-16(14)22)21-20(26)19(25)18(24)17(11-23)28-21/h3-8,10,17-21,23-26H,2,9,11H2,1H3/t17-,18-,19?,20-,21+/m1/s1. The Bertz CT molecular complexity index is 779. The zero-order chi connectivity index (χ0) is 20.3. The van der Waals surface area contributed by atoms with Crippen LogP contribution < -0.4 is 4.74 Å². The maximum absolute atomic E-state index is 10.4. The minimum atomic E-state index is -1.39. The fourth-order valence-electron chi connectivity index (χ4n) is 3.37. The van der Waals surface area contributed by atoms with E-state index in [0.717, 1.165) is 21.3 Å². The highest BCUT2D eigenvalue weighted by atomic mass is 79.9. The summed E-state index contributed by atoms with van der Waals surface area (Å²) in [5, 5.41) is 39.8. The largest absolute Gasteiger partial charge is 0.494 e. The Morgan fingerprint density at radius 2 is 1.71 bits per heavy atom. The molecule has 0 aliphatic carbocycles. The second kappa shape index (κ2) is 9.35. The molecule has 1 unspecified atom stereocenters. The minimum Gasteiger partial charge on any atom is -0.494 e. The van der Waals surface area contributed by atoms with Crippen LogP contribution in [0.5, 0.6) is 5.75 Å². The normalized spacial score (nSPS) is 27.6. The predicted octanol–water partition coefficient (Wildman–Crippen LogP) is 1.95. The number of aliphatic hydroxyl groups is 4. The molecule has 3 rings (SSSR count). The van der Waals surface area contributed by atoms with Crippen molar-refractivity contribution in [2.45, 2.75) is 43.9 Å². The van der Waals surface area contributed by atoms with Crippen LogP contribution in [0.3, 0.4) is 0 Å². The lowest BCUT2D eigenvalue weighted by Crippen LogP contribution is -2.55. The number of benzene rings is 2. The zero-order valence-electron chi connectivity index (χ0n) is 15.5. The van der Waals surface area contributed by atoms with Crippen molar-refractivity contribution in [1.82, 2.24) is 0 Å². The molecule has 0 saturated carbocycles. The average molecular weight is 453 g/mol. The molecule has 152 valence electrons. The van der Waals surface area contributed by atoms with Gasteiger partial charge in [0, 0.05) is 4.47 Å². The van der Waals surface area contributed by atoms with Crippen molar-refractivity contribution in [2.75, 3.05) is 13.2 Å². The van der Waals surface area contributed by atoms with E-state index in [9.17, 15) is 20.4 Å². The summed E-state index contributed by atoms with van der Waals surface area (Å²) in [6, 6.07) is 13.4. The summed E-state index contributed by atoms with van der Waals surface area (Å²) in [4.78, 5) is 0. The van der Waals surface area contributed by atoms with Crippen molar-refractivity contribution in [3.63, 3.8) is 0 Å². The first-order valence-corrected chi connectivity index (χ1v) is 10.0. The molecule has 1 saturated heterocycles. The maximum atomic E-state index is 10.4. The molecule has 1 aliphatic heterocycles. The quantitative estimate of drug-likeness (QED) is 0.534. The third-order valence-electron chi connectivity index (χ3n) is 4.92. The molecule has 0 spiro atoms. The van der Waals surface area contributed by atoms with Gasteiger partial charge in [0.2, 0.25) is 0 Å². The number of rotatable bonds is 6. The van der Waals surface area contributed by atoms with Gasteiger partial charge in [0.25, 0.3) is 0 Å². The molecule has 1 heterocycles. The van der Waals surface area contributed by atoms with Crippen molar-refractivity contribution in [3.8, 4) is 5.75 Å². The Morgan fingerprint density at radius 1 is 1.00 bits per heavy atom. The van der Waals surface area contributed by atoms with Gasteiger partial charge in [-0.05, 0) is 48.2 Å². The summed E-state index contributed by atoms with van der Waals surface area (Å²) >= 11 is 3.56. The summed E-state index contributed by atoms with van der Waals surface area (Å²) in [5.74, 6) is 0.820. The monoisotopic (exact) mass is 452 g/mol. The molecule has 5 atom stereocenters. The van der Waals surface area contributed by atoms with E-state index in [1.807, 2.05) is 43.3 Å². The summed E-state index contributed by atoms with van der Waals surface area (Å²) in [7, 11) is 0. The van der Waals surface area contributed by atoms with Crippen molar-refractivity contribution in [2.24, 2.45) is 0 Å². The Hall–Kier alpha value is -1.48. The third kappa shape index (κ3) is 4.56. The van der Waals surface area contributed by atoms with Gasteiger partial charge in [0.15, 0.2) is 0 Å². The lowest BCUT2D eigenvalue weighted by molar-refractivity contribution is -0.231. The molecule has 0 radical (unpaired) electrons. The van der Waals surface area contributed by atoms with Gasteiger partial charge in [-0.3, -0.25) is 0 Å². The van der Waals surface area contributed by atoms with Gasteiger partial charge in [0.05, 0.1) is 13.2 Å². The first kappa shape index (κ1) is 21.2. The molecular formula is C21H25BrO6. The van der Waals surface area contributed by atoms with E-state index in [-0.39, 0.29) is 0 Å². The number of aliphatic hydroxyl groups excluding tert-OH is 4. The van der Waals surface area contributed by atoms with Gasteiger partial charge in [0.1, 0.15) is 36.3 Å². The van der Waals surface area contributed by atoms with E-state index in [4.69, 9.17) is 9.47 Å². The Labute approximate surface area is 172 Å². The molecule has 0 amide bonds. The highest BCUT2D eigenvalue weighted by molar-refractivity contribution is 9.10. The lowest BCUT2D eigenvalue weighted by atomic mass is 9.90. The maximum Gasteiger partial charge on any atom is 0.119 e. The molecule has 6 nitrogen and oxygen atoms in total. The topological polar surface area (TPSA) is 99.4 Å². The van der Waals surface area contributed by atoms with Crippen LogP contribution in [0.15, 0.2) is 46.9 Å². The molecule has 2 aromatic rings.